The standard InChI is InChI=1S/C8H12N2.C5H12.C2H6/c1-8(2,3)7-6-9-4-5-10-7;1-5(2,3)4;1-2/h4-6H,1-3H3;1-4H3;1-2H3. The van der Waals surface area contributed by atoms with Crippen molar-refractivity contribution in [2.75, 3.05) is 0 Å². The first-order valence-electron chi connectivity index (χ1n) is 6.37. The minimum Gasteiger partial charge on any atom is -0.261 e. The summed E-state index contributed by atoms with van der Waals surface area (Å²) in [4.78, 5) is 8.18. The van der Waals surface area contributed by atoms with Crippen LogP contribution in [0, 0.1) is 5.41 Å². The lowest BCUT2D eigenvalue weighted by Gasteiger charge is -2.15. The summed E-state index contributed by atoms with van der Waals surface area (Å²) in [7, 11) is 0. The van der Waals surface area contributed by atoms with Gasteiger partial charge in [0.25, 0.3) is 0 Å². The smallest absolute Gasteiger partial charge is 0.0640 e. The van der Waals surface area contributed by atoms with Crippen LogP contribution in [0.15, 0.2) is 18.6 Å². The van der Waals surface area contributed by atoms with E-state index in [-0.39, 0.29) is 5.41 Å². The molecule has 2 heteroatoms. The van der Waals surface area contributed by atoms with Crippen molar-refractivity contribution in [1.82, 2.24) is 9.97 Å². The predicted molar refractivity (Wildman–Crippen MR) is 77.2 cm³/mol. The van der Waals surface area contributed by atoms with Gasteiger partial charge < -0.3 is 0 Å². The molecule has 2 nitrogen and oxygen atoms in total. The highest BCUT2D eigenvalue weighted by Crippen LogP contribution is 2.17. The molecule has 0 saturated carbocycles. The summed E-state index contributed by atoms with van der Waals surface area (Å²) >= 11 is 0. The first-order chi connectivity index (χ1) is 7.61. The van der Waals surface area contributed by atoms with Crippen LogP contribution in [0.1, 0.15) is 68.0 Å². The van der Waals surface area contributed by atoms with Gasteiger partial charge in [0.15, 0.2) is 0 Å². The average Bonchev–Trinajstić information content (AvgIpc) is 2.18. The van der Waals surface area contributed by atoms with Crippen LogP contribution in [-0.2, 0) is 5.41 Å². The molecule has 0 aromatic carbocycles. The molecule has 0 N–H and O–H groups in total. The summed E-state index contributed by atoms with van der Waals surface area (Å²) in [5.41, 5.74) is 1.66. The molecule has 1 heterocycles. The molecule has 0 unspecified atom stereocenters. The molecule has 1 aromatic heterocycles. The minimum absolute atomic E-state index is 0.119. The summed E-state index contributed by atoms with van der Waals surface area (Å²) in [5, 5.41) is 0. The van der Waals surface area contributed by atoms with E-state index in [4.69, 9.17) is 0 Å². The second-order valence-corrected chi connectivity index (χ2v) is 6.34. The Morgan fingerprint density at radius 3 is 1.41 bits per heavy atom. The van der Waals surface area contributed by atoms with Crippen molar-refractivity contribution in [3.8, 4) is 0 Å². The maximum Gasteiger partial charge on any atom is 0.0640 e. The summed E-state index contributed by atoms with van der Waals surface area (Å²) < 4.78 is 0. The van der Waals surface area contributed by atoms with E-state index in [2.05, 4.69) is 58.4 Å². The van der Waals surface area contributed by atoms with Crippen LogP contribution in [0.2, 0.25) is 0 Å². The molecule has 0 saturated heterocycles. The Bertz CT molecular complexity index is 259. The summed E-state index contributed by atoms with van der Waals surface area (Å²) in [6, 6.07) is 0. The van der Waals surface area contributed by atoms with Crippen molar-refractivity contribution in [2.45, 2.75) is 67.7 Å². The molecule has 0 bridgehead atoms. The Morgan fingerprint density at radius 1 is 0.824 bits per heavy atom. The molecular formula is C15H30N2. The maximum absolute atomic E-state index is 4.19. The summed E-state index contributed by atoms with van der Waals surface area (Å²) in [6.45, 7) is 19.1. The van der Waals surface area contributed by atoms with Crippen molar-refractivity contribution in [3.63, 3.8) is 0 Å². The van der Waals surface area contributed by atoms with E-state index in [0.717, 1.165) is 5.69 Å². The van der Waals surface area contributed by atoms with Crippen LogP contribution in [-0.4, -0.2) is 9.97 Å². The van der Waals surface area contributed by atoms with Gasteiger partial charge in [0, 0.05) is 24.0 Å². The zero-order valence-corrected chi connectivity index (χ0v) is 13.1. The molecule has 0 aliphatic heterocycles. The number of rotatable bonds is 0. The Morgan fingerprint density at radius 2 is 1.24 bits per heavy atom. The molecule has 0 radical (unpaired) electrons. The topological polar surface area (TPSA) is 25.8 Å². The van der Waals surface area contributed by atoms with Gasteiger partial charge in [-0.25, -0.2) is 0 Å². The normalized spacial score (nSPS) is 10.6. The summed E-state index contributed by atoms with van der Waals surface area (Å²) in [6.07, 6.45) is 5.22. The highest BCUT2D eigenvalue weighted by molar-refractivity contribution is 5.06. The van der Waals surface area contributed by atoms with Gasteiger partial charge in [-0.3, -0.25) is 9.97 Å². The molecule has 0 fully saturated rings. The van der Waals surface area contributed by atoms with E-state index in [9.17, 15) is 0 Å². The fraction of sp³-hybridized carbons (Fsp3) is 0.733. The van der Waals surface area contributed by atoms with Gasteiger partial charge in [-0.15, -0.1) is 0 Å². The predicted octanol–water partition coefficient (Wildman–Crippen LogP) is 4.85. The molecule has 0 aliphatic carbocycles. The molecule has 0 spiro atoms. The van der Waals surface area contributed by atoms with Gasteiger partial charge in [0.1, 0.15) is 0 Å². The van der Waals surface area contributed by atoms with E-state index >= 15 is 0 Å². The summed E-state index contributed by atoms with van der Waals surface area (Å²) in [5.74, 6) is 0. The first-order valence-corrected chi connectivity index (χ1v) is 6.37. The molecule has 0 aliphatic rings. The molecule has 0 atom stereocenters. The SMILES string of the molecule is CC.CC(C)(C)C.CC(C)(C)c1cnccn1. The average molecular weight is 238 g/mol. The number of nitrogens with zero attached hydrogens (tertiary/aromatic N) is 2. The Hall–Kier alpha value is -0.920. The quantitative estimate of drug-likeness (QED) is 0.645. The van der Waals surface area contributed by atoms with Crippen LogP contribution in [0.5, 0.6) is 0 Å². The van der Waals surface area contributed by atoms with E-state index in [0.29, 0.717) is 5.41 Å². The zero-order valence-electron chi connectivity index (χ0n) is 13.1. The Labute approximate surface area is 108 Å². The first kappa shape index (κ1) is 18.4. The molecule has 17 heavy (non-hydrogen) atoms. The fourth-order valence-electron chi connectivity index (χ4n) is 0.686. The monoisotopic (exact) mass is 238 g/mol. The van der Waals surface area contributed by atoms with Crippen LogP contribution in [0.3, 0.4) is 0 Å². The molecule has 1 rings (SSSR count). The third kappa shape index (κ3) is 15.1. The van der Waals surface area contributed by atoms with E-state index in [1.54, 1.807) is 18.6 Å². The van der Waals surface area contributed by atoms with Gasteiger partial charge in [0.05, 0.1) is 5.69 Å². The minimum atomic E-state index is 0.119. The zero-order chi connectivity index (χ0) is 14.1. The van der Waals surface area contributed by atoms with Gasteiger partial charge in [-0.2, -0.15) is 0 Å². The largest absolute Gasteiger partial charge is 0.261 e. The molecular weight excluding hydrogens is 208 g/mol. The van der Waals surface area contributed by atoms with Crippen LogP contribution in [0.25, 0.3) is 0 Å². The lowest BCUT2D eigenvalue weighted by molar-refractivity contribution is 0.469. The van der Waals surface area contributed by atoms with Gasteiger partial charge in [-0.05, 0) is 5.41 Å². The van der Waals surface area contributed by atoms with Gasteiger partial charge >= 0.3 is 0 Å². The lowest BCUT2D eigenvalue weighted by Crippen LogP contribution is -2.13. The maximum atomic E-state index is 4.19. The van der Waals surface area contributed by atoms with Crippen molar-refractivity contribution >= 4 is 0 Å². The second-order valence-electron chi connectivity index (χ2n) is 6.34. The van der Waals surface area contributed by atoms with Gasteiger partial charge in [-0.1, -0.05) is 62.3 Å². The number of aromatic nitrogens is 2. The lowest BCUT2D eigenvalue weighted by atomic mass is 9.93. The Kier molecular flexibility index (Phi) is 8.91. The van der Waals surface area contributed by atoms with E-state index in [1.807, 2.05) is 13.8 Å². The van der Waals surface area contributed by atoms with Gasteiger partial charge in [0.2, 0.25) is 0 Å². The highest BCUT2D eigenvalue weighted by atomic mass is 14.8. The second kappa shape index (κ2) is 8.21. The van der Waals surface area contributed by atoms with Crippen molar-refractivity contribution < 1.29 is 0 Å². The van der Waals surface area contributed by atoms with Crippen molar-refractivity contribution in [1.29, 1.82) is 0 Å². The molecule has 0 amide bonds. The third-order valence-electron chi connectivity index (χ3n) is 1.33. The highest BCUT2D eigenvalue weighted by Gasteiger charge is 2.14. The fourth-order valence-corrected chi connectivity index (χ4v) is 0.686. The van der Waals surface area contributed by atoms with Crippen LogP contribution >= 0.6 is 0 Å². The third-order valence-corrected chi connectivity index (χ3v) is 1.33. The van der Waals surface area contributed by atoms with Crippen LogP contribution in [0.4, 0.5) is 0 Å². The number of hydrogen-bond acceptors (Lipinski definition) is 2. The van der Waals surface area contributed by atoms with E-state index in [1.165, 1.54) is 0 Å². The molecule has 1 aromatic rings. The molecule has 100 valence electrons. The van der Waals surface area contributed by atoms with E-state index < -0.39 is 0 Å². The Balaban J connectivity index is 0. The van der Waals surface area contributed by atoms with Crippen molar-refractivity contribution in [2.24, 2.45) is 5.41 Å². The number of hydrogen-bond donors (Lipinski definition) is 0. The van der Waals surface area contributed by atoms with Crippen LogP contribution < -0.4 is 0 Å². The van der Waals surface area contributed by atoms with Crippen molar-refractivity contribution in [3.05, 3.63) is 24.3 Å².